The number of carbonyl (C=O) groups is 1. The van der Waals surface area contributed by atoms with Crippen molar-refractivity contribution in [1.82, 2.24) is 18.9 Å². The summed E-state index contributed by atoms with van der Waals surface area (Å²) >= 11 is 0. The third kappa shape index (κ3) is 2.88. The Kier molecular flexibility index (Phi) is 3.94. The number of halogens is 2. The molecule has 0 aliphatic carbocycles. The van der Waals surface area contributed by atoms with Crippen molar-refractivity contribution < 1.29 is 13.6 Å². The highest BCUT2D eigenvalue weighted by atomic mass is 19.1. The number of nitrogens with zero attached hydrogens (tertiary/aromatic N) is 4. The molecule has 0 radical (unpaired) electrons. The first-order chi connectivity index (χ1) is 14.0. The van der Waals surface area contributed by atoms with Crippen LogP contribution in [-0.4, -0.2) is 24.8 Å². The highest BCUT2D eigenvalue weighted by Crippen LogP contribution is 2.23. The maximum atomic E-state index is 13.9. The van der Waals surface area contributed by atoms with E-state index < -0.39 is 17.2 Å². The standard InChI is InChI=1S/C21H16F2N4O2/c22-15-1-2-17-18(7-15)26(21(29)19-8-16(23)12-27(17)19)6-4-20(28)25-10-13-3-5-24-9-14(13)11-25/h1-3,5,7-9,12H,4,6,10-11H2. The summed E-state index contributed by atoms with van der Waals surface area (Å²) in [6, 6.07) is 7.02. The molecule has 1 aliphatic rings. The Morgan fingerprint density at radius 2 is 1.79 bits per heavy atom. The Labute approximate surface area is 163 Å². The van der Waals surface area contributed by atoms with E-state index >= 15 is 0 Å². The topological polar surface area (TPSA) is 59.6 Å². The molecule has 1 aromatic carbocycles. The minimum Gasteiger partial charge on any atom is -0.334 e. The van der Waals surface area contributed by atoms with E-state index in [-0.39, 0.29) is 24.4 Å². The molecule has 29 heavy (non-hydrogen) atoms. The summed E-state index contributed by atoms with van der Waals surface area (Å²) in [5, 5.41) is 0. The van der Waals surface area contributed by atoms with Gasteiger partial charge in [0.2, 0.25) is 5.91 Å². The van der Waals surface area contributed by atoms with Crippen LogP contribution < -0.4 is 5.56 Å². The predicted octanol–water partition coefficient (Wildman–Crippen LogP) is 2.86. The summed E-state index contributed by atoms with van der Waals surface area (Å²) < 4.78 is 30.4. The molecule has 0 saturated heterocycles. The van der Waals surface area contributed by atoms with E-state index in [1.165, 1.54) is 33.4 Å². The van der Waals surface area contributed by atoms with E-state index in [1.54, 1.807) is 17.3 Å². The van der Waals surface area contributed by atoms with Crippen LogP contribution in [0.15, 0.2) is 53.7 Å². The van der Waals surface area contributed by atoms with Crippen LogP contribution in [0.25, 0.3) is 16.6 Å². The SMILES string of the molecule is O=C(CCn1c(=O)c2cc(F)cn2c2ccc(F)cc21)N1Cc2ccncc2C1. The van der Waals surface area contributed by atoms with Crippen LogP contribution in [-0.2, 0) is 24.4 Å². The number of aromatic nitrogens is 3. The van der Waals surface area contributed by atoms with E-state index in [0.717, 1.165) is 17.2 Å². The molecule has 1 aliphatic heterocycles. The van der Waals surface area contributed by atoms with Gasteiger partial charge in [-0.2, -0.15) is 0 Å². The molecular weight excluding hydrogens is 378 g/mol. The first-order valence-corrected chi connectivity index (χ1v) is 9.20. The van der Waals surface area contributed by atoms with Crippen molar-refractivity contribution >= 4 is 22.5 Å². The number of pyridine rings is 1. The van der Waals surface area contributed by atoms with Crippen LogP contribution in [0.5, 0.6) is 0 Å². The van der Waals surface area contributed by atoms with Crippen molar-refractivity contribution in [3.8, 4) is 0 Å². The molecule has 6 nitrogen and oxygen atoms in total. The molecule has 4 heterocycles. The average Bonchev–Trinajstić information content (AvgIpc) is 3.31. The van der Waals surface area contributed by atoms with Crippen LogP contribution in [0.1, 0.15) is 17.5 Å². The van der Waals surface area contributed by atoms with Crippen LogP contribution in [0, 0.1) is 11.6 Å². The van der Waals surface area contributed by atoms with Gasteiger partial charge in [0.15, 0.2) is 0 Å². The van der Waals surface area contributed by atoms with Crippen LogP contribution in [0.2, 0.25) is 0 Å². The Hall–Kier alpha value is -3.55. The lowest BCUT2D eigenvalue weighted by Gasteiger charge is -2.17. The maximum absolute atomic E-state index is 13.9. The number of benzene rings is 1. The maximum Gasteiger partial charge on any atom is 0.275 e. The van der Waals surface area contributed by atoms with Gasteiger partial charge in [0.05, 0.1) is 11.0 Å². The quantitative estimate of drug-likeness (QED) is 0.537. The van der Waals surface area contributed by atoms with Crippen molar-refractivity contribution in [3.63, 3.8) is 0 Å². The number of carbonyl (C=O) groups excluding carboxylic acids is 1. The number of fused-ring (bicyclic) bond motifs is 4. The highest BCUT2D eigenvalue weighted by molar-refractivity contribution is 5.80. The lowest BCUT2D eigenvalue weighted by atomic mass is 10.2. The molecule has 3 aromatic heterocycles. The molecule has 0 bridgehead atoms. The predicted molar refractivity (Wildman–Crippen MR) is 102 cm³/mol. The molecule has 0 unspecified atom stereocenters. The Bertz CT molecular complexity index is 1320. The second-order valence-electron chi connectivity index (χ2n) is 7.15. The van der Waals surface area contributed by atoms with Crippen molar-refractivity contribution in [1.29, 1.82) is 0 Å². The molecule has 0 N–H and O–H groups in total. The van der Waals surface area contributed by atoms with Crippen LogP contribution in [0.3, 0.4) is 0 Å². The van der Waals surface area contributed by atoms with E-state index in [2.05, 4.69) is 4.98 Å². The molecule has 0 spiro atoms. The Morgan fingerprint density at radius 1 is 1.00 bits per heavy atom. The first kappa shape index (κ1) is 17.5. The minimum absolute atomic E-state index is 0.0754. The van der Waals surface area contributed by atoms with Crippen molar-refractivity contribution in [3.05, 3.63) is 82.0 Å². The number of amides is 1. The smallest absolute Gasteiger partial charge is 0.275 e. The third-order valence-corrected chi connectivity index (χ3v) is 5.37. The zero-order valence-corrected chi connectivity index (χ0v) is 15.3. The monoisotopic (exact) mass is 394 g/mol. The van der Waals surface area contributed by atoms with Gasteiger partial charge in [-0.05, 0) is 35.4 Å². The van der Waals surface area contributed by atoms with E-state index in [4.69, 9.17) is 0 Å². The molecule has 0 atom stereocenters. The molecule has 1 amide bonds. The van der Waals surface area contributed by atoms with Crippen molar-refractivity contribution in [2.75, 3.05) is 0 Å². The van der Waals surface area contributed by atoms with Gasteiger partial charge < -0.3 is 13.9 Å². The molecule has 8 heteroatoms. The highest BCUT2D eigenvalue weighted by Gasteiger charge is 2.23. The fraction of sp³-hybridized carbons (Fsp3) is 0.190. The minimum atomic E-state index is -0.551. The van der Waals surface area contributed by atoms with Crippen molar-refractivity contribution in [2.24, 2.45) is 0 Å². The van der Waals surface area contributed by atoms with E-state index in [9.17, 15) is 18.4 Å². The summed E-state index contributed by atoms with van der Waals surface area (Å²) in [5.74, 6) is -1.17. The number of rotatable bonds is 3. The summed E-state index contributed by atoms with van der Waals surface area (Å²) in [6.07, 6.45) is 4.71. The van der Waals surface area contributed by atoms with Crippen LogP contribution in [0.4, 0.5) is 8.78 Å². The van der Waals surface area contributed by atoms with Gasteiger partial charge in [-0.15, -0.1) is 0 Å². The van der Waals surface area contributed by atoms with Gasteiger partial charge in [-0.1, -0.05) is 0 Å². The zero-order chi connectivity index (χ0) is 20.1. The van der Waals surface area contributed by atoms with Gasteiger partial charge in [-0.25, -0.2) is 8.78 Å². The summed E-state index contributed by atoms with van der Waals surface area (Å²) in [6.45, 7) is 1.06. The first-order valence-electron chi connectivity index (χ1n) is 9.20. The van der Waals surface area contributed by atoms with Crippen LogP contribution >= 0.6 is 0 Å². The fourth-order valence-corrected chi connectivity index (χ4v) is 3.94. The molecule has 0 fully saturated rings. The summed E-state index contributed by atoms with van der Waals surface area (Å²) in [4.78, 5) is 31.4. The van der Waals surface area contributed by atoms with Gasteiger partial charge in [-0.3, -0.25) is 14.6 Å². The number of hydrogen-bond donors (Lipinski definition) is 0. The number of hydrogen-bond acceptors (Lipinski definition) is 3. The molecule has 4 aromatic rings. The van der Waals surface area contributed by atoms with Gasteiger partial charge in [0, 0.05) is 50.7 Å². The average molecular weight is 394 g/mol. The van der Waals surface area contributed by atoms with Crippen molar-refractivity contribution in [2.45, 2.75) is 26.1 Å². The summed E-state index contributed by atoms with van der Waals surface area (Å²) in [7, 11) is 0. The third-order valence-electron chi connectivity index (χ3n) is 5.37. The van der Waals surface area contributed by atoms with E-state index in [1.807, 2.05) is 6.07 Å². The molecular formula is C21H16F2N4O2. The number of aryl methyl sites for hydroxylation is 1. The lowest BCUT2D eigenvalue weighted by Crippen LogP contribution is -2.29. The summed E-state index contributed by atoms with van der Waals surface area (Å²) in [5.41, 5.74) is 2.57. The molecule has 5 rings (SSSR count). The van der Waals surface area contributed by atoms with Gasteiger partial charge in [0.25, 0.3) is 5.56 Å². The van der Waals surface area contributed by atoms with Gasteiger partial charge >= 0.3 is 0 Å². The van der Waals surface area contributed by atoms with E-state index in [0.29, 0.717) is 24.1 Å². The molecule has 0 saturated carbocycles. The van der Waals surface area contributed by atoms with Gasteiger partial charge in [0.1, 0.15) is 17.2 Å². The molecule has 146 valence electrons. The second-order valence-corrected chi connectivity index (χ2v) is 7.15. The Balaban J connectivity index is 1.48. The zero-order valence-electron chi connectivity index (χ0n) is 15.3. The Morgan fingerprint density at radius 3 is 2.62 bits per heavy atom. The second kappa shape index (κ2) is 6.51. The normalized spacial score (nSPS) is 13.4. The fourth-order valence-electron chi connectivity index (χ4n) is 3.94. The lowest BCUT2D eigenvalue weighted by molar-refractivity contribution is -0.132. The largest absolute Gasteiger partial charge is 0.334 e.